The summed E-state index contributed by atoms with van der Waals surface area (Å²) in [6, 6.07) is 10.4. The minimum Gasteiger partial charge on any atom is -0.385 e. The Morgan fingerprint density at radius 3 is 2.42 bits per heavy atom. The van der Waals surface area contributed by atoms with Crippen LogP contribution in [0.1, 0.15) is 46.6 Å². The zero-order valence-corrected chi connectivity index (χ0v) is 19.2. The fourth-order valence-corrected chi connectivity index (χ4v) is 4.35. The van der Waals surface area contributed by atoms with Crippen molar-refractivity contribution < 1.29 is 14.3 Å². The number of methoxy groups -OCH3 is 1. The van der Waals surface area contributed by atoms with E-state index in [1.807, 2.05) is 19.9 Å². The van der Waals surface area contributed by atoms with E-state index >= 15 is 0 Å². The maximum atomic E-state index is 13.1. The SMILES string of the molecule is COCCCNC(=O)C1CCN(CC(=O)c2cc(C)n(-c3ccc(C)cc3)c2C)CC1. The summed E-state index contributed by atoms with van der Waals surface area (Å²) in [7, 11) is 1.67. The van der Waals surface area contributed by atoms with Crippen LogP contribution in [0.4, 0.5) is 0 Å². The van der Waals surface area contributed by atoms with E-state index in [4.69, 9.17) is 4.74 Å². The Hall–Kier alpha value is -2.44. The smallest absolute Gasteiger partial charge is 0.223 e. The molecule has 1 aliphatic rings. The number of Topliss-reactive ketones (excluding diaryl/α,β-unsaturated/α-hetero) is 1. The lowest BCUT2D eigenvalue weighted by atomic mass is 9.95. The minimum atomic E-state index is 0.0421. The van der Waals surface area contributed by atoms with Crippen LogP contribution in [0.2, 0.25) is 0 Å². The van der Waals surface area contributed by atoms with E-state index in [1.165, 1.54) is 5.56 Å². The molecule has 0 radical (unpaired) electrons. The van der Waals surface area contributed by atoms with Crippen molar-refractivity contribution in [2.75, 3.05) is 39.9 Å². The van der Waals surface area contributed by atoms with E-state index in [0.717, 1.165) is 55.0 Å². The summed E-state index contributed by atoms with van der Waals surface area (Å²) in [5, 5.41) is 3.00. The second-order valence-electron chi connectivity index (χ2n) is 8.57. The highest BCUT2D eigenvalue weighted by Crippen LogP contribution is 2.23. The zero-order chi connectivity index (χ0) is 22.4. The topological polar surface area (TPSA) is 63.6 Å². The van der Waals surface area contributed by atoms with Crippen LogP contribution in [0.25, 0.3) is 5.69 Å². The molecule has 1 aromatic carbocycles. The van der Waals surface area contributed by atoms with Gasteiger partial charge in [-0.1, -0.05) is 17.7 Å². The molecule has 2 aromatic rings. The van der Waals surface area contributed by atoms with Crippen LogP contribution in [0.5, 0.6) is 0 Å². The van der Waals surface area contributed by atoms with E-state index in [0.29, 0.717) is 19.7 Å². The molecule has 1 aliphatic heterocycles. The van der Waals surface area contributed by atoms with Crippen molar-refractivity contribution in [3.05, 3.63) is 52.8 Å². The van der Waals surface area contributed by atoms with E-state index < -0.39 is 0 Å². The highest BCUT2D eigenvalue weighted by Gasteiger charge is 2.27. The van der Waals surface area contributed by atoms with Crippen molar-refractivity contribution >= 4 is 11.7 Å². The first-order valence-corrected chi connectivity index (χ1v) is 11.2. The van der Waals surface area contributed by atoms with Crippen LogP contribution in [0, 0.1) is 26.7 Å². The second-order valence-corrected chi connectivity index (χ2v) is 8.57. The number of piperidine rings is 1. The number of rotatable bonds is 9. The van der Waals surface area contributed by atoms with Crippen molar-refractivity contribution in [3.63, 3.8) is 0 Å². The van der Waals surface area contributed by atoms with Crippen molar-refractivity contribution in [1.82, 2.24) is 14.8 Å². The molecule has 1 saturated heterocycles. The standard InChI is InChI=1S/C25H35N3O3/c1-18-6-8-22(9-7-18)28-19(2)16-23(20(28)3)24(29)17-27-13-10-21(11-14-27)25(30)26-12-5-15-31-4/h6-9,16,21H,5,10-15,17H2,1-4H3,(H,26,30). The van der Waals surface area contributed by atoms with Gasteiger partial charge < -0.3 is 14.6 Å². The Labute approximate surface area is 185 Å². The first-order valence-electron chi connectivity index (χ1n) is 11.2. The molecule has 0 saturated carbocycles. The quantitative estimate of drug-likeness (QED) is 0.494. The van der Waals surface area contributed by atoms with Gasteiger partial charge in [0.2, 0.25) is 5.91 Å². The number of ether oxygens (including phenoxy) is 1. The third kappa shape index (κ3) is 5.83. The van der Waals surface area contributed by atoms with Crippen LogP contribution in [-0.4, -0.2) is 61.1 Å². The molecule has 1 amide bonds. The molecule has 2 heterocycles. The Morgan fingerprint density at radius 2 is 1.77 bits per heavy atom. The van der Waals surface area contributed by atoms with Crippen LogP contribution in [0.3, 0.4) is 0 Å². The predicted molar refractivity (Wildman–Crippen MR) is 123 cm³/mol. The number of carbonyl (C=O) groups excluding carboxylic acids is 2. The van der Waals surface area contributed by atoms with Gasteiger partial charge in [-0.3, -0.25) is 14.5 Å². The average molecular weight is 426 g/mol. The Balaban J connectivity index is 1.55. The summed E-state index contributed by atoms with van der Waals surface area (Å²) >= 11 is 0. The van der Waals surface area contributed by atoms with Gasteiger partial charge in [0.05, 0.1) is 6.54 Å². The summed E-state index contributed by atoms with van der Waals surface area (Å²) in [6.45, 7) is 9.40. The summed E-state index contributed by atoms with van der Waals surface area (Å²) in [6.07, 6.45) is 2.42. The van der Waals surface area contributed by atoms with E-state index in [9.17, 15) is 9.59 Å². The van der Waals surface area contributed by atoms with E-state index in [-0.39, 0.29) is 17.6 Å². The fourth-order valence-electron chi connectivity index (χ4n) is 4.35. The lowest BCUT2D eigenvalue weighted by Crippen LogP contribution is -2.42. The normalized spacial score (nSPS) is 15.2. The molecule has 1 fully saturated rings. The van der Waals surface area contributed by atoms with Crippen LogP contribution < -0.4 is 5.32 Å². The number of ketones is 1. The third-order valence-electron chi connectivity index (χ3n) is 6.17. The van der Waals surface area contributed by atoms with Gasteiger partial charge in [0.25, 0.3) is 0 Å². The molecule has 168 valence electrons. The van der Waals surface area contributed by atoms with Crippen molar-refractivity contribution in [3.8, 4) is 5.69 Å². The summed E-state index contributed by atoms with van der Waals surface area (Å²) in [5.74, 6) is 0.318. The number of hydrogen-bond donors (Lipinski definition) is 1. The maximum absolute atomic E-state index is 13.1. The summed E-state index contributed by atoms with van der Waals surface area (Å²) < 4.78 is 7.16. The van der Waals surface area contributed by atoms with Crippen molar-refractivity contribution in [1.29, 1.82) is 0 Å². The van der Waals surface area contributed by atoms with Gasteiger partial charge in [0.1, 0.15) is 0 Å². The molecular weight excluding hydrogens is 390 g/mol. The number of nitrogens with one attached hydrogen (secondary N) is 1. The molecule has 31 heavy (non-hydrogen) atoms. The molecule has 3 rings (SSSR count). The molecule has 6 nitrogen and oxygen atoms in total. The van der Waals surface area contributed by atoms with Gasteiger partial charge in [0, 0.05) is 48.8 Å². The predicted octanol–water partition coefficient (Wildman–Crippen LogP) is 3.45. The molecule has 0 atom stereocenters. The third-order valence-corrected chi connectivity index (χ3v) is 6.17. The van der Waals surface area contributed by atoms with Gasteiger partial charge in [-0.25, -0.2) is 0 Å². The van der Waals surface area contributed by atoms with Crippen molar-refractivity contribution in [2.45, 2.75) is 40.0 Å². The number of likely N-dealkylation sites (tertiary alicyclic amines) is 1. The van der Waals surface area contributed by atoms with Crippen LogP contribution >= 0.6 is 0 Å². The first kappa shape index (κ1) is 23.2. The first-order chi connectivity index (χ1) is 14.9. The number of hydrogen-bond acceptors (Lipinski definition) is 4. The molecular formula is C25H35N3O3. The number of amides is 1. The lowest BCUT2D eigenvalue weighted by Gasteiger charge is -2.30. The summed E-state index contributed by atoms with van der Waals surface area (Å²) in [4.78, 5) is 27.5. The van der Waals surface area contributed by atoms with Gasteiger partial charge in [-0.15, -0.1) is 0 Å². The highest BCUT2D eigenvalue weighted by molar-refractivity contribution is 5.99. The number of aromatic nitrogens is 1. The Morgan fingerprint density at radius 1 is 1.10 bits per heavy atom. The largest absolute Gasteiger partial charge is 0.385 e. The molecule has 0 unspecified atom stereocenters. The molecule has 1 N–H and O–H groups in total. The Kier molecular flexibility index (Phi) is 8.04. The molecule has 0 aliphatic carbocycles. The summed E-state index contributed by atoms with van der Waals surface area (Å²) in [5.41, 5.74) is 5.13. The lowest BCUT2D eigenvalue weighted by molar-refractivity contribution is -0.126. The monoisotopic (exact) mass is 425 g/mol. The molecule has 6 heteroatoms. The molecule has 0 spiro atoms. The Bertz CT molecular complexity index is 893. The van der Waals surface area contributed by atoms with Crippen molar-refractivity contribution in [2.24, 2.45) is 5.92 Å². The van der Waals surface area contributed by atoms with Gasteiger partial charge in [0.15, 0.2) is 5.78 Å². The van der Waals surface area contributed by atoms with Gasteiger partial charge in [-0.05, 0) is 71.3 Å². The minimum absolute atomic E-state index is 0.0421. The number of nitrogens with zero attached hydrogens (tertiary/aromatic N) is 2. The van der Waals surface area contributed by atoms with E-state index in [2.05, 4.69) is 46.0 Å². The zero-order valence-electron chi connectivity index (χ0n) is 19.2. The van der Waals surface area contributed by atoms with Gasteiger partial charge >= 0.3 is 0 Å². The molecule has 0 bridgehead atoms. The average Bonchev–Trinajstić information content (AvgIpc) is 3.06. The number of aryl methyl sites for hydroxylation is 2. The number of benzene rings is 1. The van der Waals surface area contributed by atoms with Gasteiger partial charge in [-0.2, -0.15) is 0 Å². The molecule has 1 aromatic heterocycles. The van der Waals surface area contributed by atoms with Crippen LogP contribution in [0.15, 0.2) is 30.3 Å². The van der Waals surface area contributed by atoms with Crippen LogP contribution in [-0.2, 0) is 9.53 Å². The second kappa shape index (κ2) is 10.7. The maximum Gasteiger partial charge on any atom is 0.223 e. The fraction of sp³-hybridized carbons (Fsp3) is 0.520. The van der Waals surface area contributed by atoms with E-state index in [1.54, 1.807) is 7.11 Å². The number of carbonyl (C=O) groups is 2. The highest BCUT2D eigenvalue weighted by atomic mass is 16.5.